The van der Waals surface area contributed by atoms with Gasteiger partial charge in [0, 0.05) is 168 Å². The summed E-state index contributed by atoms with van der Waals surface area (Å²) in [6.07, 6.45) is -6.77. The summed E-state index contributed by atoms with van der Waals surface area (Å²) in [5, 5.41) is 0.768. The van der Waals surface area contributed by atoms with Crippen LogP contribution >= 0.6 is 0 Å². The fourth-order valence-electron chi connectivity index (χ4n) is 20.2. The molecule has 0 aliphatic carbocycles. The number of likely N-dealkylation sites (N-methyl/N-ethyl adjacent to an activating group) is 5. The molecule has 5 N–H and O–H groups in total. The molecule has 10 atom stereocenters. The van der Waals surface area contributed by atoms with Gasteiger partial charge in [-0.1, -0.05) is 121 Å². The van der Waals surface area contributed by atoms with Crippen LogP contribution in [0.5, 0.6) is 57.5 Å². The molecule has 20 heterocycles. The van der Waals surface area contributed by atoms with E-state index < -0.39 is 367 Å². The molecular formula is C110H95N15O20. The lowest BCUT2D eigenvalue weighted by Crippen LogP contribution is -2.62. The van der Waals surface area contributed by atoms with E-state index in [1.54, 1.807) is 54.6 Å². The van der Waals surface area contributed by atoms with Crippen LogP contribution in [0.2, 0.25) is 0 Å². The van der Waals surface area contributed by atoms with Crippen molar-refractivity contribution in [3.05, 3.63) is 296 Å². The Morgan fingerprint density at radius 1 is 0.303 bits per heavy atom. The van der Waals surface area contributed by atoms with Crippen LogP contribution in [0.15, 0.2) is 212 Å². The standard InChI is InChI=1S/5C22H19N3O4/c5*1-24-10-19(26)25-16(22(24)27)9-14-13-4-2-3-5-15(13)23-20(14)21(25)12-6-7-17-18(8-12)29-11-28-17/h5*2-8,16,21,23H,9-11H2,1H3/t5*16-,21?/m11111/s1/i1D3,2D,3D,4D,5D,6D,7D,8D,10D2,11D2,16D;1D3,2D,3D,4D,5D,6D,7D,8D,10D2,16D;1D3,6D,7D,8D,10D2,11D2,16D;2D,3D,4D,5D,9D2;9D2. The van der Waals surface area contributed by atoms with Crippen molar-refractivity contribution in [3.63, 3.8) is 0 Å². The van der Waals surface area contributed by atoms with Gasteiger partial charge in [-0.25, -0.2) is 0 Å². The molecule has 5 aromatic heterocycles. The van der Waals surface area contributed by atoms with Gasteiger partial charge in [0.1, 0.15) is 35.6 Å². The van der Waals surface area contributed by atoms with E-state index in [0.29, 0.717) is 76.4 Å². The number of rotatable bonds is 5. The molecule has 15 aliphatic rings. The minimum absolute atomic E-state index is 0.0173. The Kier molecular flexibility index (Phi) is 12.0. The topological polar surface area (TPSA) is 374 Å². The van der Waals surface area contributed by atoms with Gasteiger partial charge < -0.3 is 121 Å². The van der Waals surface area contributed by atoms with Gasteiger partial charge in [0.2, 0.25) is 92.9 Å². The second kappa shape index (κ2) is 33.9. The van der Waals surface area contributed by atoms with Crippen molar-refractivity contribution < 1.29 is 160 Å². The largest absolute Gasteiger partial charge is 0.454 e. The van der Waals surface area contributed by atoms with E-state index in [1.165, 1.54) is 33.7 Å². The number of hydrogen-bond donors (Lipinski definition) is 5. The van der Waals surface area contributed by atoms with E-state index in [0.717, 1.165) is 11.1 Å². The summed E-state index contributed by atoms with van der Waals surface area (Å²) in [5.41, 5.74) is 1.23. The van der Waals surface area contributed by atoms with E-state index >= 15 is 0 Å². The van der Waals surface area contributed by atoms with Gasteiger partial charge >= 0.3 is 0 Å². The summed E-state index contributed by atoms with van der Waals surface area (Å²) in [4.78, 5) is 157. The summed E-state index contributed by atoms with van der Waals surface area (Å²) in [5.74, 6) is -12.5. The van der Waals surface area contributed by atoms with Crippen LogP contribution < -0.4 is 47.4 Å². The number of aromatic amines is 5. The molecule has 15 aliphatic heterocycles. The third kappa shape index (κ3) is 14.2. The fourth-order valence-corrected chi connectivity index (χ4v) is 20.2. The van der Waals surface area contributed by atoms with Crippen LogP contribution in [0.1, 0.15) is 179 Å². The van der Waals surface area contributed by atoms with Crippen LogP contribution in [0.4, 0.5) is 0 Å². The molecule has 0 radical (unpaired) electrons. The van der Waals surface area contributed by atoms with Gasteiger partial charge in [0.25, 0.3) is 0 Å². The average molecular weight is 1990 g/mol. The lowest BCUT2D eigenvalue weighted by atomic mass is 9.86. The lowest BCUT2D eigenvalue weighted by molar-refractivity contribution is -0.157. The first-order valence-electron chi connectivity index (χ1n) is 67.7. The lowest BCUT2D eigenvalue weighted by Gasteiger charge is -2.46. The van der Waals surface area contributed by atoms with Crippen LogP contribution in [0.25, 0.3) is 54.5 Å². The predicted octanol–water partition coefficient (Wildman–Crippen LogP) is 11.1. The number of para-hydroxylation sites is 5. The number of ether oxygens (including phenoxy) is 10. The van der Waals surface area contributed by atoms with Crippen molar-refractivity contribution in [2.24, 2.45) is 0 Å². The Morgan fingerprint density at radius 3 is 1.03 bits per heavy atom. The Balaban J connectivity index is 0.000000114. The average Bonchev–Trinajstić information content (AvgIpc) is 1.40. The first-order valence-corrected chi connectivity index (χ1v) is 44.2. The molecule has 10 amide bonds. The van der Waals surface area contributed by atoms with Crippen LogP contribution in [-0.4, -0.2) is 265 Å². The smallest absolute Gasteiger partial charge is 0.245 e. The van der Waals surface area contributed by atoms with Crippen molar-refractivity contribution >= 4 is 114 Å². The Morgan fingerprint density at radius 2 is 0.621 bits per heavy atom. The fraction of sp³-hybridized carbons (Fsp3) is 0.273. The maximum Gasteiger partial charge on any atom is 0.245 e. The zero-order valence-corrected chi connectivity index (χ0v) is 74.4. The van der Waals surface area contributed by atoms with E-state index in [9.17, 15) is 52.1 Å². The Labute approximate surface area is 892 Å². The number of carbonyl (C=O) groups excluding carboxylic acids is 10. The van der Waals surface area contributed by atoms with E-state index in [4.69, 9.17) is 108 Å². The molecule has 5 saturated heterocycles. The summed E-state index contributed by atoms with van der Waals surface area (Å²) < 4.78 is 445. The highest BCUT2D eigenvalue weighted by Gasteiger charge is 2.55. The summed E-state index contributed by atoms with van der Waals surface area (Å²) >= 11 is 0. The minimum Gasteiger partial charge on any atom is -0.454 e. The normalized spacial score (nSPS) is 31.7. The molecule has 15 aromatic rings. The number of benzene rings is 10. The van der Waals surface area contributed by atoms with Crippen LogP contribution in [0.3, 0.4) is 0 Å². The third-order valence-electron chi connectivity index (χ3n) is 26.6. The highest BCUT2D eigenvalue weighted by molar-refractivity contribution is 6.03. The number of fused-ring (bicyclic) bond motifs is 25. The quantitative estimate of drug-likeness (QED) is 0.107. The number of piperazine rings is 5. The minimum atomic E-state index is -3.60. The van der Waals surface area contributed by atoms with Gasteiger partial charge in [0.05, 0.1) is 104 Å². The van der Waals surface area contributed by atoms with Gasteiger partial charge in [-0.2, -0.15) is 0 Å². The first kappa shape index (κ1) is 51.3. The number of hydrogen-bond acceptors (Lipinski definition) is 20. The molecule has 730 valence electrons. The van der Waals surface area contributed by atoms with Crippen molar-refractivity contribution in [2.75, 3.05) is 101 Å². The van der Waals surface area contributed by atoms with Crippen LogP contribution in [0, 0.1) is 0 Å². The summed E-state index contributed by atoms with van der Waals surface area (Å²) in [7, 11) is 2.97. The number of amides is 10. The SMILES string of the molecule is [2H]C1([2H])c2c([nH]c3ccccc23)C(c2ccc3c(c2)OCO3)N2C(=O)CN(C)C(=O)[C@H]21.[2H]c1c([2H])c(C2c3[nH]c4c([2H])c([2H])c([2H])c([2H])c4c3C[C@]3([2H])C(=O)N(C([2H])([2H])[2H])C([2H])([2H])C(=O)N23)c([2H])c2c1OC([2H])([2H])O2.[2H]c1c([2H])c(C2c3[nH]c4c([2H])c([2H])c([2H])c([2H])c4c3C[C@]3([2H])C(=O)N(C([2H])([2H])[2H])C([2H])([2H])C(=O)N23)c([2H])c2c1OCO2.[2H]c1c([2H])c(C2c3[nH]c4ccccc4c3C[C@]3([2H])C(=O)N(C([2H])([2H])[2H])C([2H])([2H])C(=O)N23)c([2H])c2c1OC([2H])([2H])O2.[2H]c1c([2H])c([2H])c2c3c([nH]c2c1[2H])C(c1ccc2c(c1)OCO2)N1C(=O)CN(C)C(=O)[C@H]1C3([2H])[2H]. The third-order valence-corrected chi connectivity index (χ3v) is 26.6. The van der Waals surface area contributed by atoms with Gasteiger partial charge in [-0.15, -0.1) is 0 Å². The zero-order valence-electron chi connectivity index (χ0n) is 121. The molecule has 5 fully saturated rings. The predicted molar refractivity (Wildman–Crippen MR) is 523 cm³/mol. The van der Waals surface area contributed by atoms with Crippen molar-refractivity contribution in [2.45, 2.75) is 92.4 Å². The first-order chi connectivity index (χ1) is 89.3. The molecule has 0 spiro atoms. The number of nitrogens with zero attached hydrogens (tertiary/aromatic N) is 10. The molecule has 0 bridgehead atoms. The summed E-state index contributed by atoms with van der Waals surface area (Å²) in [6, 6.07) is -7.52. The zero-order chi connectivity index (χ0) is 140. The van der Waals surface area contributed by atoms with E-state index in [1.807, 2.05) is 30.3 Å². The van der Waals surface area contributed by atoms with Crippen molar-refractivity contribution in [3.8, 4) is 57.5 Å². The van der Waals surface area contributed by atoms with Crippen molar-refractivity contribution in [1.82, 2.24) is 73.9 Å². The molecule has 0 saturated carbocycles. The van der Waals surface area contributed by atoms with Crippen LogP contribution in [-0.2, 0) is 80.0 Å². The molecule has 10 aromatic carbocycles. The van der Waals surface area contributed by atoms with Crippen molar-refractivity contribution in [1.29, 1.82) is 0 Å². The maximum absolute atomic E-state index is 13.9. The number of carbonyl (C=O) groups is 10. The monoisotopic (exact) mass is 1990 g/mol. The van der Waals surface area contributed by atoms with Gasteiger partial charge in [-0.3, -0.25) is 47.9 Å². The van der Waals surface area contributed by atoms with E-state index in [2.05, 4.69) is 24.9 Å². The number of nitrogens with one attached hydrogen (secondary N) is 5. The molecule has 30 rings (SSSR count). The van der Waals surface area contributed by atoms with E-state index in [-0.39, 0.29) is 137 Å². The highest BCUT2D eigenvalue weighted by atomic mass is 16.7. The van der Waals surface area contributed by atoms with Gasteiger partial charge in [0.15, 0.2) is 57.5 Å². The molecule has 145 heavy (non-hydrogen) atoms. The Bertz CT molecular complexity index is 10800. The number of aromatic nitrogens is 5. The number of H-pyrrole nitrogens is 5. The molecular weight excluding hydrogens is 1850 g/mol. The highest BCUT2D eigenvalue weighted by Crippen LogP contribution is 2.53. The molecule has 5 unspecified atom stereocenters. The second-order valence-corrected chi connectivity index (χ2v) is 34.5. The molecule has 35 nitrogen and oxygen atoms in total. The van der Waals surface area contributed by atoms with Gasteiger partial charge in [-0.05, 0) is 146 Å². The maximum atomic E-state index is 13.9. The Hall–Kier alpha value is -17.4. The molecule has 35 heteroatoms. The summed E-state index contributed by atoms with van der Waals surface area (Å²) in [6.45, 7) is -27.3. The second-order valence-electron chi connectivity index (χ2n) is 34.5.